The van der Waals surface area contributed by atoms with Crippen LogP contribution in [0.15, 0.2) is 24.3 Å². The van der Waals surface area contributed by atoms with E-state index in [9.17, 15) is 8.42 Å². The molecule has 0 heterocycles. The topological polar surface area (TPSA) is 69.4 Å². The highest BCUT2D eigenvalue weighted by Crippen LogP contribution is 2.15. The molecule has 0 aliphatic heterocycles. The average Bonchev–Trinajstić information content (AvgIpc) is 2.26. The number of benzene rings is 1. The lowest BCUT2D eigenvalue weighted by Crippen LogP contribution is -2.29. The van der Waals surface area contributed by atoms with E-state index in [-0.39, 0.29) is 17.6 Å². The standard InChI is InChI=1S/C13H20ClNO3S/c1-10(2)12(9-19(15,16)17)8-18-7-11-4-3-5-13(14)6-11/h3-6,10,12H,7-9H2,1-2H3,(H2,15,16,17). The molecule has 1 unspecified atom stereocenters. The number of ether oxygens (including phenoxy) is 1. The number of primary sulfonamides is 1. The van der Waals surface area contributed by atoms with Crippen molar-refractivity contribution in [1.29, 1.82) is 0 Å². The van der Waals surface area contributed by atoms with Gasteiger partial charge in [-0.3, -0.25) is 0 Å². The lowest BCUT2D eigenvalue weighted by Gasteiger charge is -2.19. The van der Waals surface area contributed by atoms with Gasteiger partial charge in [0, 0.05) is 5.02 Å². The number of hydrogen-bond acceptors (Lipinski definition) is 3. The summed E-state index contributed by atoms with van der Waals surface area (Å²) in [6, 6.07) is 7.38. The Morgan fingerprint density at radius 1 is 1.37 bits per heavy atom. The maximum atomic E-state index is 11.1. The van der Waals surface area contributed by atoms with Crippen LogP contribution in [0, 0.1) is 11.8 Å². The van der Waals surface area contributed by atoms with Crippen molar-refractivity contribution in [3.05, 3.63) is 34.9 Å². The van der Waals surface area contributed by atoms with E-state index in [4.69, 9.17) is 21.5 Å². The Balaban J connectivity index is 2.49. The highest BCUT2D eigenvalue weighted by atomic mass is 35.5. The molecule has 0 radical (unpaired) electrons. The van der Waals surface area contributed by atoms with Crippen LogP contribution in [0.4, 0.5) is 0 Å². The van der Waals surface area contributed by atoms with Crippen molar-refractivity contribution in [3.63, 3.8) is 0 Å². The number of nitrogens with two attached hydrogens (primary N) is 1. The molecule has 1 aromatic carbocycles. The molecular formula is C13H20ClNO3S. The Labute approximate surface area is 120 Å². The van der Waals surface area contributed by atoms with E-state index < -0.39 is 10.0 Å². The van der Waals surface area contributed by atoms with Gasteiger partial charge >= 0.3 is 0 Å². The molecule has 0 saturated carbocycles. The summed E-state index contributed by atoms with van der Waals surface area (Å²) >= 11 is 5.87. The first-order valence-corrected chi connectivity index (χ1v) is 8.20. The lowest BCUT2D eigenvalue weighted by molar-refractivity contribution is 0.0790. The molecule has 0 saturated heterocycles. The smallest absolute Gasteiger partial charge is 0.209 e. The summed E-state index contributed by atoms with van der Waals surface area (Å²) in [5, 5.41) is 5.73. The molecule has 2 N–H and O–H groups in total. The van der Waals surface area contributed by atoms with Crippen molar-refractivity contribution in [2.45, 2.75) is 20.5 Å². The summed E-state index contributed by atoms with van der Waals surface area (Å²) in [5.41, 5.74) is 0.964. The molecule has 1 aromatic rings. The van der Waals surface area contributed by atoms with Gasteiger partial charge in [-0.15, -0.1) is 0 Å². The van der Waals surface area contributed by atoms with Gasteiger partial charge < -0.3 is 4.74 Å². The Bertz CT molecular complexity index is 502. The van der Waals surface area contributed by atoms with Crippen LogP contribution in [-0.2, 0) is 21.4 Å². The second-order valence-corrected chi connectivity index (χ2v) is 7.07. The first-order valence-electron chi connectivity index (χ1n) is 6.10. The molecule has 1 atom stereocenters. The summed E-state index contributed by atoms with van der Waals surface area (Å²) in [5.74, 6) is 0.0344. The third-order valence-electron chi connectivity index (χ3n) is 2.88. The molecule has 0 fully saturated rings. The van der Waals surface area contributed by atoms with Crippen molar-refractivity contribution in [2.24, 2.45) is 17.0 Å². The molecule has 0 aliphatic carbocycles. The Morgan fingerprint density at radius 3 is 2.58 bits per heavy atom. The van der Waals surface area contributed by atoms with Gasteiger partial charge in [-0.2, -0.15) is 0 Å². The molecule has 1 rings (SSSR count). The summed E-state index contributed by atoms with van der Waals surface area (Å²) < 4.78 is 27.8. The minimum absolute atomic E-state index is 0.0553. The summed E-state index contributed by atoms with van der Waals surface area (Å²) in [6.45, 7) is 4.69. The molecule has 0 aliphatic rings. The van der Waals surface area contributed by atoms with Crippen molar-refractivity contribution in [1.82, 2.24) is 0 Å². The van der Waals surface area contributed by atoms with Gasteiger partial charge in [-0.1, -0.05) is 37.6 Å². The van der Waals surface area contributed by atoms with Gasteiger partial charge in [0.05, 0.1) is 19.0 Å². The number of halogens is 1. The molecule has 6 heteroatoms. The lowest BCUT2D eigenvalue weighted by atomic mass is 9.99. The normalized spacial score (nSPS) is 13.7. The number of rotatable bonds is 7. The highest BCUT2D eigenvalue weighted by molar-refractivity contribution is 7.89. The van der Waals surface area contributed by atoms with Crippen LogP contribution in [0.5, 0.6) is 0 Å². The molecule has 0 spiro atoms. The van der Waals surface area contributed by atoms with Crippen LogP contribution < -0.4 is 5.14 Å². The third kappa shape index (κ3) is 6.92. The first-order chi connectivity index (χ1) is 8.78. The van der Waals surface area contributed by atoms with Gasteiger partial charge in [0.15, 0.2) is 0 Å². The molecule has 0 bridgehead atoms. The zero-order valence-corrected chi connectivity index (χ0v) is 12.7. The zero-order chi connectivity index (χ0) is 14.5. The fraction of sp³-hybridized carbons (Fsp3) is 0.538. The number of sulfonamides is 1. The van der Waals surface area contributed by atoms with Crippen LogP contribution in [0.3, 0.4) is 0 Å². The van der Waals surface area contributed by atoms with E-state index in [0.717, 1.165) is 5.56 Å². The average molecular weight is 306 g/mol. The quantitative estimate of drug-likeness (QED) is 0.841. The molecular weight excluding hydrogens is 286 g/mol. The van der Waals surface area contributed by atoms with E-state index in [1.165, 1.54) is 0 Å². The fourth-order valence-corrected chi connectivity index (χ4v) is 2.98. The Hall–Kier alpha value is -0.620. The largest absolute Gasteiger partial charge is 0.376 e. The van der Waals surface area contributed by atoms with Crippen molar-refractivity contribution in [3.8, 4) is 0 Å². The maximum Gasteiger partial charge on any atom is 0.209 e. The molecule has 0 aromatic heterocycles. The third-order valence-corrected chi connectivity index (χ3v) is 4.01. The van der Waals surface area contributed by atoms with Gasteiger partial charge in [-0.25, -0.2) is 13.6 Å². The Morgan fingerprint density at radius 2 is 2.05 bits per heavy atom. The van der Waals surface area contributed by atoms with Gasteiger partial charge in [0.1, 0.15) is 0 Å². The summed E-state index contributed by atoms with van der Waals surface area (Å²) in [7, 11) is -3.47. The van der Waals surface area contributed by atoms with Crippen LogP contribution in [0.1, 0.15) is 19.4 Å². The van der Waals surface area contributed by atoms with E-state index in [1.807, 2.05) is 32.0 Å². The minimum atomic E-state index is -3.47. The molecule has 0 amide bonds. The molecule has 19 heavy (non-hydrogen) atoms. The first kappa shape index (κ1) is 16.4. The van der Waals surface area contributed by atoms with Crippen molar-refractivity contribution in [2.75, 3.05) is 12.4 Å². The van der Waals surface area contributed by atoms with Gasteiger partial charge in [0.25, 0.3) is 0 Å². The fourth-order valence-electron chi connectivity index (χ4n) is 1.69. The van der Waals surface area contributed by atoms with Crippen molar-refractivity contribution >= 4 is 21.6 Å². The second-order valence-electron chi connectivity index (χ2n) is 4.98. The minimum Gasteiger partial charge on any atom is -0.376 e. The van der Waals surface area contributed by atoms with E-state index in [0.29, 0.717) is 18.2 Å². The predicted octanol–water partition coefficient (Wildman–Crippen LogP) is 2.42. The molecule has 108 valence electrons. The van der Waals surface area contributed by atoms with E-state index in [1.54, 1.807) is 6.07 Å². The van der Waals surface area contributed by atoms with Crippen LogP contribution in [-0.4, -0.2) is 20.8 Å². The Kier molecular flexibility index (Phi) is 6.26. The SMILES string of the molecule is CC(C)C(COCc1cccc(Cl)c1)CS(N)(=O)=O. The van der Waals surface area contributed by atoms with E-state index in [2.05, 4.69) is 0 Å². The monoisotopic (exact) mass is 305 g/mol. The van der Waals surface area contributed by atoms with Crippen LogP contribution >= 0.6 is 11.6 Å². The van der Waals surface area contributed by atoms with Gasteiger partial charge in [-0.05, 0) is 29.5 Å². The predicted molar refractivity (Wildman–Crippen MR) is 77.4 cm³/mol. The summed E-state index contributed by atoms with van der Waals surface area (Å²) in [4.78, 5) is 0. The van der Waals surface area contributed by atoms with Crippen LogP contribution in [0.2, 0.25) is 5.02 Å². The molecule has 4 nitrogen and oxygen atoms in total. The highest BCUT2D eigenvalue weighted by Gasteiger charge is 2.19. The second kappa shape index (κ2) is 7.24. The number of hydrogen-bond donors (Lipinski definition) is 1. The van der Waals surface area contributed by atoms with Crippen LogP contribution in [0.25, 0.3) is 0 Å². The van der Waals surface area contributed by atoms with Gasteiger partial charge in [0.2, 0.25) is 10.0 Å². The zero-order valence-electron chi connectivity index (χ0n) is 11.2. The maximum absolute atomic E-state index is 11.1. The van der Waals surface area contributed by atoms with E-state index >= 15 is 0 Å². The summed E-state index contributed by atoms with van der Waals surface area (Å²) in [6.07, 6.45) is 0. The van der Waals surface area contributed by atoms with Crippen molar-refractivity contribution < 1.29 is 13.2 Å².